The van der Waals surface area contributed by atoms with Crippen LogP contribution in [0.3, 0.4) is 0 Å². The van der Waals surface area contributed by atoms with Crippen LogP contribution in [0.2, 0.25) is 0 Å². The minimum Gasteiger partial charge on any atom is -0.321 e. The summed E-state index contributed by atoms with van der Waals surface area (Å²) in [7, 11) is 0. The van der Waals surface area contributed by atoms with Crippen molar-refractivity contribution in [1.82, 2.24) is 29.8 Å². The van der Waals surface area contributed by atoms with Gasteiger partial charge in [-0.05, 0) is 24.3 Å². The molecule has 11 nitrogen and oxygen atoms in total. The molecule has 2 aromatic carbocycles. The van der Waals surface area contributed by atoms with E-state index < -0.39 is 71.2 Å². The number of carbonyl (C=O) groups is 2. The third kappa shape index (κ3) is 5.57. The molecule has 0 unspecified atom stereocenters. The predicted molar refractivity (Wildman–Crippen MR) is 137 cm³/mol. The van der Waals surface area contributed by atoms with Gasteiger partial charge in [0.25, 0.3) is 11.8 Å². The van der Waals surface area contributed by atoms with Gasteiger partial charge >= 0.3 is 18.7 Å². The minimum atomic E-state index is -5.20. The molecule has 238 valence electrons. The number of nitrogens with one attached hydrogen (secondary N) is 2. The van der Waals surface area contributed by atoms with Gasteiger partial charge in [-0.1, -0.05) is 12.1 Å². The highest BCUT2D eigenvalue weighted by molar-refractivity contribution is 6.25. The van der Waals surface area contributed by atoms with Crippen LogP contribution >= 0.6 is 0 Å². The van der Waals surface area contributed by atoms with Crippen LogP contribution < -0.4 is 10.6 Å². The quantitative estimate of drug-likeness (QED) is 0.218. The molecule has 6 rings (SSSR count). The monoisotopic (exact) mass is 656 g/mol. The highest BCUT2D eigenvalue weighted by Gasteiger charge is 2.42. The molecule has 46 heavy (non-hydrogen) atoms. The molecule has 1 aliphatic heterocycles. The lowest BCUT2D eigenvalue weighted by atomic mass is 10.0. The van der Waals surface area contributed by atoms with Gasteiger partial charge in [-0.25, -0.2) is 9.67 Å². The van der Waals surface area contributed by atoms with E-state index in [1.807, 2.05) is 5.32 Å². The van der Waals surface area contributed by atoms with Crippen molar-refractivity contribution in [2.24, 2.45) is 0 Å². The summed E-state index contributed by atoms with van der Waals surface area (Å²) >= 11 is 0. The standard InChI is InChI=1S/C26H13F9N8O3/c27-24(28,29)16-6-11(7-36-21(16)43-38-8-12(41-43)10-46-26(33,34)35)39-23(45)15-9-37-42(20(15)25(30,31)32)18-5-4-17-19-13(18)2-1-3-14(19)22(44)40-17/h1-9H,10H2,(H,39,45)(H,40,44). The van der Waals surface area contributed by atoms with Gasteiger partial charge in [0.15, 0.2) is 11.5 Å². The smallest absolute Gasteiger partial charge is 0.321 e. The Morgan fingerprint density at radius 2 is 1.70 bits per heavy atom. The van der Waals surface area contributed by atoms with Gasteiger partial charge in [-0.3, -0.25) is 14.3 Å². The topological polar surface area (TPSA) is 129 Å². The Bertz CT molecular complexity index is 2030. The fraction of sp³-hybridized carbons (Fsp3) is 0.154. The molecule has 0 bridgehead atoms. The molecule has 5 aromatic rings. The van der Waals surface area contributed by atoms with Crippen molar-refractivity contribution < 1.29 is 53.8 Å². The number of carbonyl (C=O) groups excluding carboxylic acids is 2. The Labute approximate surface area is 248 Å². The summed E-state index contributed by atoms with van der Waals surface area (Å²) in [6, 6.07) is 7.32. The van der Waals surface area contributed by atoms with E-state index in [1.54, 1.807) is 0 Å². The van der Waals surface area contributed by atoms with Crippen LogP contribution in [0.5, 0.6) is 0 Å². The van der Waals surface area contributed by atoms with Crippen molar-refractivity contribution in [2.75, 3.05) is 10.6 Å². The first-order chi connectivity index (χ1) is 21.5. The maximum atomic E-state index is 14.4. The predicted octanol–water partition coefficient (Wildman–Crippen LogP) is 5.89. The molecule has 0 fully saturated rings. The number of rotatable bonds is 6. The highest BCUT2D eigenvalue weighted by Crippen LogP contribution is 2.40. The number of ether oxygens (including phenoxy) is 1. The van der Waals surface area contributed by atoms with E-state index in [4.69, 9.17) is 0 Å². The van der Waals surface area contributed by atoms with Crippen molar-refractivity contribution >= 4 is 34.0 Å². The molecule has 2 amide bonds. The number of alkyl halides is 9. The molecular formula is C26H13F9N8O3. The number of benzene rings is 2. The van der Waals surface area contributed by atoms with Crippen molar-refractivity contribution in [3.05, 3.63) is 83.1 Å². The van der Waals surface area contributed by atoms with E-state index in [-0.39, 0.29) is 21.4 Å². The normalized spacial score (nSPS) is 13.4. The number of amides is 2. The molecular weight excluding hydrogens is 643 g/mol. The Balaban J connectivity index is 1.35. The summed E-state index contributed by atoms with van der Waals surface area (Å²) in [5.41, 5.74) is -4.95. The van der Waals surface area contributed by atoms with Gasteiger partial charge < -0.3 is 10.6 Å². The average molecular weight is 656 g/mol. The van der Waals surface area contributed by atoms with E-state index in [9.17, 15) is 49.1 Å². The fourth-order valence-electron chi connectivity index (χ4n) is 4.74. The number of aromatic nitrogens is 6. The zero-order chi connectivity index (χ0) is 33.2. The second kappa shape index (κ2) is 10.5. The molecule has 4 heterocycles. The zero-order valence-electron chi connectivity index (χ0n) is 22.2. The maximum Gasteiger partial charge on any atom is 0.522 e. The molecule has 0 aliphatic carbocycles. The maximum absolute atomic E-state index is 14.4. The van der Waals surface area contributed by atoms with Gasteiger partial charge in [0.2, 0.25) is 0 Å². The first-order valence-corrected chi connectivity index (χ1v) is 12.5. The average Bonchev–Trinajstić information content (AvgIpc) is 3.70. The van der Waals surface area contributed by atoms with Crippen molar-refractivity contribution in [3.63, 3.8) is 0 Å². The molecule has 0 saturated carbocycles. The molecule has 20 heteroatoms. The van der Waals surface area contributed by atoms with Crippen LogP contribution in [-0.4, -0.2) is 47.9 Å². The van der Waals surface area contributed by atoms with Crippen LogP contribution in [0, 0.1) is 0 Å². The van der Waals surface area contributed by atoms with E-state index in [0.717, 1.165) is 0 Å². The SMILES string of the molecule is O=C(Nc1cnc(-n2ncc(COC(F)(F)F)n2)c(C(F)(F)F)c1)c1cnn(-c2ccc3c4c(cccc24)C(=O)N3)c1C(F)(F)F. The summed E-state index contributed by atoms with van der Waals surface area (Å²) in [5.74, 6) is -2.97. The second-order valence-corrected chi connectivity index (χ2v) is 9.54. The number of nitrogens with zero attached hydrogens (tertiary/aromatic N) is 6. The van der Waals surface area contributed by atoms with Crippen LogP contribution in [0.15, 0.2) is 55.0 Å². The first-order valence-electron chi connectivity index (χ1n) is 12.5. The number of hydrogen-bond acceptors (Lipinski definition) is 7. The molecule has 0 spiro atoms. The fourth-order valence-corrected chi connectivity index (χ4v) is 4.74. The summed E-state index contributed by atoms with van der Waals surface area (Å²) in [6.07, 6.45) is -13.5. The minimum absolute atomic E-state index is 0.138. The number of pyridine rings is 1. The summed E-state index contributed by atoms with van der Waals surface area (Å²) < 4.78 is 126. The zero-order valence-corrected chi connectivity index (χ0v) is 22.2. The van der Waals surface area contributed by atoms with Crippen molar-refractivity contribution in [2.45, 2.75) is 25.3 Å². The van der Waals surface area contributed by atoms with E-state index >= 15 is 0 Å². The largest absolute Gasteiger partial charge is 0.522 e. The number of hydrogen-bond donors (Lipinski definition) is 2. The van der Waals surface area contributed by atoms with Gasteiger partial charge in [-0.15, -0.1) is 23.1 Å². The first kappa shape index (κ1) is 30.5. The van der Waals surface area contributed by atoms with Crippen LogP contribution in [0.4, 0.5) is 50.9 Å². The summed E-state index contributed by atoms with van der Waals surface area (Å²) in [6.45, 7) is -1.16. The van der Waals surface area contributed by atoms with Crippen molar-refractivity contribution in [3.8, 4) is 11.5 Å². The Morgan fingerprint density at radius 1 is 0.935 bits per heavy atom. The lowest BCUT2D eigenvalue weighted by Crippen LogP contribution is -2.21. The third-order valence-corrected chi connectivity index (χ3v) is 6.56. The van der Waals surface area contributed by atoms with Crippen LogP contribution in [-0.2, 0) is 23.7 Å². The van der Waals surface area contributed by atoms with Gasteiger partial charge in [0, 0.05) is 22.0 Å². The van der Waals surface area contributed by atoms with Gasteiger partial charge in [-0.2, -0.15) is 36.5 Å². The molecule has 0 saturated heterocycles. The molecule has 2 N–H and O–H groups in total. The van der Waals surface area contributed by atoms with E-state index in [2.05, 4.69) is 30.3 Å². The van der Waals surface area contributed by atoms with E-state index in [1.165, 1.54) is 30.3 Å². The second-order valence-electron chi connectivity index (χ2n) is 9.54. The van der Waals surface area contributed by atoms with Crippen LogP contribution in [0.25, 0.3) is 22.3 Å². The van der Waals surface area contributed by atoms with Crippen LogP contribution in [0.1, 0.15) is 37.7 Å². The summed E-state index contributed by atoms with van der Waals surface area (Å²) in [4.78, 5) is 29.1. The van der Waals surface area contributed by atoms with Crippen molar-refractivity contribution in [1.29, 1.82) is 0 Å². The highest BCUT2D eigenvalue weighted by atomic mass is 19.4. The van der Waals surface area contributed by atoms with Gasteiger partial charge in [0.1, 0.15) is 17.9 Å². The Morgan fingerprint density at radius 3 is 2.39 bits per heavy atom. The lowest BCUT2D eigenvalue weighted by molar-refractivity contribution is -0.330. The Kier molecular flexibility index (Phi) is 6.98. The third-order valence-electron chi connectivity index (χ3n) is 6.56. The lowest BCUT2D eigenvalue weighted by Gasteiger charge is -2.15. The molecule has 3 aromatic heterocycles. The summed E-state index contributed by atoms with van der Waals surface area (Å²) in [5, 5.41) is 15.7. The number of anilines is 2. The molecule has 0 atom stereocenters. The van der Waals surface area contributed by atoms with Gasteiger partial charge in [0.05, 0.1) is 35.5 Å². The molecule has 1 aliphatic rings. The molecule has 0 radical (unpaired) electrons. The van der Waals surface area contributed by atoms with E-state index in [0.29, 0.717) is 40.4 Å². The number of halogens is 9. The Hall–Kier alpha value is -5.53.